The first-order valence-electron chi connectivity index (χ1n) is 5.06. The maximum absolute atomic E-state index is 11.7. The van der Waals surface area contributed by atoms with Gasteiger partial charge >= 0.3 is 0 Å². The van der Waals surface area contributed by atoms with Gasteiger partial charge < -0.3 is 4.90 Å². The first-order valence-corrected chi connectivity index (χ1v) is 7.37. The second-order valence-corrected chi connectivity index (χ2v) is 6.03. The Bertz CT molecular complexity index is 201. The summed E-state index contributed by atoms with van der Waals surface area (Å²) in [6.45, 7) is 4.06. The molecular weight excluding hydrogens is 262 g/mol. The fourth-order valence-electron chi connectivity index (χ4n) is 1.60. The van der Waals surface area contributed by atoms with Gasteiger partial charge in [-0.3, -0.25) is 4.79 Å². The van der Waals surface area contributed by atoms with Crippen LogP contribution in [0, 0.1) is 5.92 Å². The van der Waals surface area contributed by atoms with Crippen LogP contribution in [0.2, 0.25) is 0 Å². The lowest BCUT2D eigenvalue weighted by atomic mass is 9.99. The topological polar surface area (TPSA) is 20.3 Å². The van der Waals surface area contributed by atoms with Crippen molar-refractivity contribution in [3.8, 4) is 0 Å². The van der Waals surface area contributed by atoms with Gasteiger partial charge in [0.2, 0.25) is 5.91 Å². The van der Waals surface area contributed by atoms with E-state index in [0.717, 1.165) is 25.3 Å². The summed E-state index contributed by atoms with van der Waals surface area (Å²) in [4.78, 5) is 14.2. The molecule has 0 bridgehead atoms. The van der Waals surface area contributed by atoms with E-state index in [1.165, 1.54) is 0 Å². The number of nitrogens with zero attached hydrogens (tertiary/aromatic N) is 1. The van der Waals surface area contributed by atoms with Crippen molar-refractivity contribution in [2.45, 2.75) is 24.6 Å². The van der Waals surface area contributed by atoms with Crippen LogP contribution in [0.25, 0.3) is 0 Å². The van der Waals surface area contributed by atoms with Gasteiger partial charge in [0.1, 0.15) is 0 Å². The Labute approximate surface area is 98.9 Å². The molecule has 0 aliphatic carbocycles. The van der Waals surface area contributed by atoms with E-state index in [1.807, 2.05) is 11.2 Å². The molecule has 1 saturated heterocycles. The number of hydrogen-bond acceptors (Lipinski definition) is 2. The Morgan fingerprint density at radius 2 is 2.36 bits per heavy atom. The Morgan fingerprint density at radius 1 is 1.64 bits per heavy atom. The number of carbonyl (C=O) groups excluding carboxylic acids is 1. The highest BCUT2D eigenvalue weighted by atomic mass is 79.9. The van der Waals surface area contributed by atoms with Crippen molar-refractivity contribution in [1.82, 2.24) is 4.90 Å². The third-order valence-corrected chi connectivity index (χ3v) is 4.54. The van der Waals surface area contributed by atoms with Gasteiger partial charge in [-0.15, -0.1) is 0 Å². The second kappa shape index (κ2) is 6.01. The quantitative estimate of drug-likeness (QED) is 0.740. The number of alkyl halides is 1. The molecule has 82 valence electrons. The Kier molecular flexibility index (Phi) is 5.31. The van der Waals surface area contributed by atoms with Gasteiger partial charge in [-0.25, -0.2) is 0 Å². The van der Waals surface area contributed by atoms with Crippen LogP contribution in [0.5, 0.6) is 0 Å². The van der Waals surface area contributed by atoms with Gasteiger partial charge in [-0.2, -0.15) is 11.8 Å². The average molecular weight is 280 g/mol. The Balaban J connectivity index is 2.34. The van der Waals surface area contributed by atoms with Crippen molar-refractivity contribution < 1.29 is 4.79 Å². The fourth-order valence-corrected chi connectivity index (χ4v) is 2.59. The molecule has 0 saturated carbocycles. The van der Waals surface area contributed by atoms with Crippen LogP contribution in [0.4, 0.5) is 0 Å². The average Bonchev–Trinajstić information content (AvgIpc) is 2.18. The maximum atomic E-state index is 11.7. The van der Waals surface area contributed by atoms with E-state index in [2.05, 4.69) is 22.9 Å². The number of carbonyl (C=O) groups is 1. The molecule has 2 atom stereocenters. The molecule has 0 aromatic rings. The first kappa shape index (κ1) is 12.4. The molecule has 0 aromatic carbocycles. The van der Waals surface area contributed by atoms with Crippen LogP contribution in [0.15, 0.2) is 0 Å². The number of rotatable bonds is 3. The summed E-state index contributed by atoms with van der Waals surface area (Å²) >= 11 is 5.37. The zero-order valence-electron chi connectivity index (χ0n) is 8.83. The summed E-state index contributed by atoms with van der Waals surface area (Å²) in [5, 5.41) is 0. The van der Waals surface area contributed by atoms with Crippen molar-refractivity contribution in [2.75, 3.05) is 25.1 Å². The molecule has 1 heterocycles. The lowest BCUT2D eigenvalue weighted by Gasteiger charge is -2.34. The molecule has 0 spiro atoms. The van der Waals surface area contributed by atoms with E-state index in [9.17, 15) is 4.79 Å². The normalized spacial score (nSPS) is 27.8. The van der Waals surface area contributed by atoms with Crippen LogP contribution in [-0.2, 0) is 4.79 Å². The second-order valence-electron chi connectivity index (χ2n) is 3.86. The van der Waals surface area contributed by atoms with E-state index < -0.39 is 0 Å². The number of likely N-dealkylation sites (tertiary alicyclic amines) is 1. The molecular formula is C10H18BrNOS. The zero-order chi connectivity index (χ0) is 10.6. The standard InChI is InChI=1S/C10H18BrNOS/c1-8-3-5-12(7-9(8)11)10(13)4-6-14-2/h8-9H,3-7H2,1-2H3. The van der Waals surface area contributed by atoms with Gasteiger partial charge in [-0.05, 0) is 18.6 Å². The third-order valence-electron chi connectivity index (χ3n) is 2.74. The van der Waals surface area contributed by atoms with Crippen molar-refractivity contribution >= 4 is 33.6 Å². The number of amides is 1. The number of thioether (sulfide) groups is 1. The molecule has 1 fully saturated rings. The Hall–Kier alpha value is 0.300. The van der Waals surface area contributed by atoms with Crippen LogP contribution in [0.1, 0.15) is 19.8 Å². The summed E-state index contributed by atoms with van der Waals surface area (Å²) < 4.78 is 0. The van der Waals surface area contributed by atoms with E-state index in [-0.39, 0.29) is 0 Å². The first-order chi connectivity index (χ1) is 6.65. The van der Waals surface area contributed by atoms with E-state index in [1.54, 1.807) is 11.8 Å². The molecule has 14 heavy (non-hydrogen) atoms. The van der Waals surface area contributed by atoms with E-state index >= 15 is 0 Å². The molecule has 1 aliphatic rings. The minimum atomic E-state index is 0.315. The molecule has 0 aromatic heterocycles. The highest BCUT2D eigenvalue weighted by Crippen LogP contribution is 2.23. The smallest absolute Gasteiger partial charge is 0.223 e. The van der Waals surface area contributed by atoms with Crippen LogP contribution in [-0.4, -0.2) is 40.7 Å². The summed E-state index contributed by atoms with van der Waals surface area (Å²) in [6.07, 6.45) is 3.86. The van der Waals surface area contributed by atoms with Gasteiger partial charge in [0.15, 0.2) is 0 Å². The zero-order valence-corrected chi connectivity index (χ0v) is 11.2. The summed E-state index contributed by atoms with van der Waals surface area (Å²) in [7, 11) is 0. The number of hydrogen-bond donors (Lipinski definition) is 0. The monoisotopic (exact) mass is 279 g/mol. The highest BCUT2D eigenvalue weighted by molar-refractivity contribution is 9.09. The van der Waals surface area contributed by atoms with Crippen molar-refractivity contribution in [3.05, 3.63) is 0 Å². The Morgan fingerprint density at radius 3 is 2.93 bits per heavy atom. The largest absolute Gasteiger partial charge is 0.342 e. The molecule has 1 amide bonds. The molecule has 0 radical (unpaired) electrons. The molecule has 2 unspecified atom stereocenters. The van der Waals surface area contributed by atoms with Gasteiger partial charge in [-0.1, -0.05) is 22.9 Å². The van der Waals surface area contributed by atoms with Gasteiger partial charge in [0.05, 0.1) is 0 Å². The number of piperidine rings is 1. The SMILES string of the molecule is CSCCC(=O)N1CCC(C)C(Br)C1. The lowest BCUT2D eigenvalue weighted by Crippen LogP contribution is -2.43. The highest BCUT2D eigenvalue weighted by Gasteiger charge is 2.26. The van der Waals surface area contributed by atoms with Crippen molar-refractivity contribution in [3.63, 3.8) is 0 Å². The molecule has 1 rings (SSSR count). The van der Waals surface area contributed by atoms with Crippen molar-refractivity contribution in [1.29, 1.82) is 0 Å². The summed E-state index contributed by atoms with van der Waals surface area (Å²) in [6, 6.07) is 0. The molecule has 1 aliphatic heterocycles. The molecule has 2 nitrogen and oxygen atoms in total. The minimum Gasteiger partial charge on any atom is -0.342 e. The van der Waals surface area contributed by atoms with Crippen LogP contribution < -0.4 is 0 Å². The predicted octanol–water partition coefficient (Wildman–Crippen LogP) is 2.37. The maximum Gasteiger partial charge on any atom is 0.223 e. The summed E-state index contributed by atoms with van der Waals surface area (Å²) in [5.41, 5.74) is 0. The van der Waals surface area contributed by atoms with Crippen LogP contribution >= 0.6 is 27.7 Å². The van der Waals surface area contributed by atoms with Crippen molar-refractivity contribution in [2.24, 2.45) is 5.92 Å². The lowest BCUT2D eigenvalue weighted by molar-refractivity contribution is -0.131. The third kappa shape index (κ3) is 3.46. The van der Waals surface area contributed by atoms with Crippen LogP contribution in [0.3, 0.4) is 0 Å². The predicted molar refractivity (Wildman–Crippen MR) is 66.1 cm³/mol. The summed E-state index contributed by atoms with van der Waals surface area (Å²) in [5.74, 6) is 1.95. The fraction of sp³-hybridized carbons (Fsp3) is 0.900. The minimum absolute atomic E-state index is 0.315. The molecule has 0 N–H and O–H groups in total. The van der Waals surface area contributed by atoms with E-state index in [0.29, 0.717) is 23.1 Å². The van der Waals surface area contributed by atoms with Gasteiger partial charge in [0, 0.05) is 30.1 Å². The van der Waals surface area contributed by atoms with Gasteiger partial charge in [0.25, 0.3) is 0 Å². The van der Waals surface area contributed by atoms with E-state index in [4.69, 9.17) is 0 Å². The molecule has 4 heteroatoms. The number of halogens is 1.